The highest BCUT2D eigenvalue weighted by molar-refractivity contribution is 6.02. The molecule has 0 bridgehead atoms. The van der Waals surface area contributed by atoms with Crippen molar-refractivity contribution >= 4 is 11.9 Å². The third kappa shape index (κ3) is 2.14. The van der Waals surface area contributed by atoms with Crippen molar-refractivity contribution in [3.8, 4) is 0 Å². The fraction of sp³-hybridized carbons (Fsp3) is 0.556. The third-order valence-electron chi connectivity index (χ3n) is 2.35. The van der Waals surface area contributed by atoms with Crippen LogP contribution in [0.15, 0.2) is 16.3 Å². The molecule has 0 aromatic heterocycles. The van der Waals surface area contributed by atoms with Gasteiger partial charge >= 0.3 is 11.9 Å². The van der Waals surface area contributed by atoms with Gasteiger partial charge in [-0.25, -0.2) is 9.59 Å². The van der Waals surface area contributed by atoms with Gasteiger partial charge in [0.25, 0.3) is 0 Å². The molecule has 0 saturated heterocycles. The molecule has 0 aromatic carbocycles. The molecule has 0 spiro atoms. The highest BCUT2D eigenvalue weighted by Crippen LogP contribution is 2.30. The number of nitrogens with zero attached hydrogens (tertiary/aromatic N) is 3. The Balaban J connectivity index is 3.15. The smallest absolute Gasteiger partial charge is 0.334 e. The highest BCUT2D eigenvalue weighted by Gasteiger charge is 2.34. The molecule has 0 amide bonds. The molecule has 1 atom stereocenters. The van der Waals surface area contributed by atoms with E-state index in [-0.39, 0.29) is 11.1 Å². The molecule has 7 nitrogen and oxygen atoms in total. The van der Waals surface area contributed by atoms with Crippen molar-refractivity contribution in [1.82, 2.24) is 0 Å². The van der Waals surface area contributed by atoms with Crippen LogP contribution in [-0.2, 0) is 19.1 Å². The summed E-state index contributed by atoms with van der Waals surface area (Å²) in [5.74, 6) is -1.24. The lowest BCUT2D eigenvalue weighted by molar-refractivity contribution is -0.139. The zero-order chi connectivity index (χ0) is 12.1. The van der Waals surface area contributed by atoms with Crippen LogP contribution in [0.2, 0.25) is 0 Å². The summed E-state index contributed by atoms with van der Waals surface area (Å²) in [6.07, 6.45) is 0.764. The summed E-state index contributed by atoms with van der Waals surface area (Å²) < 4.78 is 9.09. The van der Waals surface area contributed by atoms with Crippen molar-refractivity contribution in [1.29, 1.82) is 0 Å². The van der Waals surface area contributed by atoms with Crippen molar-refractivity contribution in [2.45, 2.75) is 18.9 Å². The van der Waals surface area contributed by atoms with Gasteiger partial charge in [0.05, 0.1) is 25.8 Å². The van der Waals surface area contributed by atoms with Crippen LogP contribution in [0, 0.1) is 0 Å². The maximum atomic E-state index is 11.5. The summed E-state index contributed by atoms with van der Waals surface area (Å²) >= 11 is 0. The van der Waals surface area contributed by atoms with Crippen molar-refractivity contribution in [3.63, 3.8) is 0 Å². The Hall–Kier alpha value is -2.01. The van der Waals surface area contributed by atoms with Gasteiger partial charge in [-0.05, 0) is 18.4 Å². The Morgan fingerprint density at radius 3 is 2.50 bits per heavy atom. The Kier molecular flexibility index (Phi) is 3.90. The first-order chi connectivity index (χ1) is 7.65. The van der Waals surface area contributed by atoms with E-state index in [1.54, 1.807) is 0 Å². The number of carbonyl (C=O) groups excluding carboxylic acids is 2. The Morgan fingerprint density at radius 2 is 2.00 bits per heavy atom. The van der Waals surface area contributed by atoms with Gasteiger partial charge in [-0.3, -0.25) is 0 Å². The number of methoxy groups -OCH3 is 2. The van der Waals surface area contributed by atoms with Crippen molar-refractivity contribution in [2.24, 2.45) is 5.11 Å². The Bertz CT molecular complexity index is 396. The minimum Gasteiger partial charge on any atom is -0.466 e. The SMILES string of the molecule is COC(=O)C1=C(C(=O)OC)C(N=[N+]=[N-])CC1. The largest absolute Gasteiger partial charge is 0.466 e. The van der Waals surface area contributed by atoms with Gasteiger partial charge in [-0.1, -0.05) is 5.11 Å². The standard InChI is InChI=1S/C9H11N3O4/c1-15-8(13)5-3-4-6(11-12-10)7(5)9(14)16-2/h6H,3-4H2,1-2H3. The van der Waals surface area contributed by atoms with Crippen LogP contribution in [0.25, 0.3) is 10.4 Å². The molecule has 0 aliphatic heterocycles. The second-order valence-electron chi connectivity index (χ2n) is 3.13. The molecular weight excluding hydrogens is 214 g/mol. The van der Waals surface area contributed by atoms with Gasteiger partial charge in [-0.15, -0.1) is 0 Å². The topological polar surface area (TPSA) is 101 Å². The second kappa shape index (κ2) is 5.18. The van der Waals surface area contributed by atoms with E-state index in [4.69, 9.17) is 5.53 Å². The van der Waals surface area contributed by atoms with E-state index in [1.807, 2.05) is 0 Å². The average Bonchev–Trinajstić information content (AvgIpc) is 2.71. The number of ether oxygens (including phenoxy) is 2. The normalized spacial score (nSPS) is 19.0. The van der Waals surface area contributed by atoms with E-state index in [0.29, 0.717) is 12.8 Å². The zero-order valence-electron chi connectivity index (χ0n) is 8.97. The summed E-state index contributed by atoms with van der Waals surface area (Å²) in [6.45, 7) is 0. The van der Waals surface area contributed by atoms with Gasteiger partial charge in [0.15, 0.2) is 0 Å². The summed E-state index contributed by atoms with van der Waals surface area (Å²) in [5.41, 5.74) is 8.68. The first-order valence-electron chi connectivity index (χ1n) is 4.59. The van der Waals surface area contributed by atoms with Crippen LogP contribution in [0.4, 0.5) is 0 Å². The number of esters is 2. The molecule has 0 aromatic rings. The molecule has 1 aliphatic rings. The van der Waals surface area contributed by atoms with Crippen LogP contribution in [0.5, 0.6) is 0 Å². The minimum absolute atomic E-state index is 0.104. The van der Waals surface area contributed by atoms with Gasteiger partial charge in [0.2, 0.25) is 0 Å². The molecule has 0 radical (unpaired) electrons. The second-order valence-corrected chi connectivity index (χ2v) is 3.13. The summed E-state index contributed by atoms with van der Waals surface area (Å²) in [5, 5.41) is 3.46. The Morgan fingerprint density at radius 1 is 1.38 bits per heavy atom. The van der Waals surface area contributed by atoms with E-state index in [2.05, 4.69) is 19.5 Å². The molecule has 0 fully saturated rings. The number of azide groups is 1. The van der Waals surface area contributed by atoms with Gasteiger partial charge in [-0.2, -0.15) is 0 Å². The van der Waals surface area contributed by atoms with Gasteiger partial charge in [0.1, 0.15) is 0 Å². The van der Waals surface area contributed by atoms with Gasteiger partial charge < -0.3 is 9.47 Å². The fourth-order valence-electron chi connectivity index (χ4n) is 1.64. The fourth-order valence-corrected chi connectivity index (χ4v) is 1.64. The predicted molar refractivity (Wildman–Crippen MR) is 53.2 cm³/mol. The quantitative estimate of drug-likeness (QED) is 0.310. The predicted octanol–water partition coefficient (Wildman–Crippen LogP) is 1.10. The van der Waals surface area contributed by atoms with Crippen LogP contribution < -0.4 is 0 Å². The maximum absolute atomic E-state index is 11.5. The van der Waals surface area contributed by atoms with Crippen molar-refractivity contribution < 1.29 is 19.1 Å². The van der Waals surface area contributed by atoms with Crippen molar-refractivity contribution in [2.75, 3.05) is 14.2 Å². The van der Waals surface area contributed by atoms with E-state index in [9.17, 15) is 9.59 Å². The van der Waals surface area contributed by atoms with Crippen LogP contribution in [-0.4, -0.2) is 32.2 Å². The number of rotatable bonds is 3. The molecule has 86 valence electrons. The highest BCUT2D eigenvalue weighted by atomic mass is 16.5. The molecule has 1 unspecified atom stereocenters. The molecule has 0 N–H and O–H groups in total. The van der Waals surface area contributed by atoms with E-state index in [0.717, 1.165) is 0 Å². The third-order valence-corrected chi connectivity index (χ3v) is 2.35. The lowest BCUT2D eigenvalue weighted by Gasteiger charge is -2.07. The number of hydrogen-bond acceptors (Lipinski definition) is 5. The molecule has 1 rings (SSSR count). The molecule has 1 aliphatic carbocycles. The first kappa shape index (κ1) is 12.1. The van der Waals surface area contributed by atoms with Crippen LogP contribution in [0.1, 0.15) is 12.8 Å². The van der Waals surface area contributed by atoms with E-state index in [1.165, 1.54) is 14.2 Å². The summed E-state index contributed by atoms with van der Waals surface area (Å²) in [7, 11) is 2.43. The van der Waals surface area contributed by atoms with Crippen molar-refractivity contribution in [3.05, 3.63) is 21.6 Å². The monoisotopic (exact) mass is 225 g/mol. The minimum atomic E-state index is -0.657. The van der Waals surface area contributed by atoms with E-state index >= 15 is 0 Å². The summed E-state index contributed by atoms with van der Waals surface area (Å²) in [4.78, 5) is 25.5. The Labute approximate surface area is 91.6 Å². The van der Waals surface area contributed by atoms with E-state index < -0.39 is 18.0 Å². The van der Waals surface area contributed by atoms with Crippen LogP contribution in [0.3, 0.4) is 0 Å². The zero-order valence-corrected chi connectivity index (χ0v) is 8.97. The number of hydrogen-bond donors (Lipinski definition) is 0. The van der Waals surface area contributed by atoms with Gasteiger partial charge in [0, 0.05) is 10.5 Å². The average molecular weight is 225 g/mol. The number of carbonyl (C=O) groups is 2. The lowest BCUT2D eigenvalue weighted by atomic mass is 10.1. The summed E-state index contributed by atoms with van der Waals surface area (Å²) in [6, 6.07) is -0.647. The molecule has 7 heteroatoms. The first-order valence-corrected chi connectivity index (χ1v) is 4.59. The lowest BCUT2D eigenvalue weighted by Crippen LogP contribution is -2.17. The molecule has 16 heavy (non-hydrogen) atoms. The molecule has 0 heterocycles. The maximum Gasteiger partial charge on any atom is 0.334 e. The molecule has 0 saturated carbocycles. The molecular formula is C9H11N3O4. The van der Waals surface area contributed by atoms with Crippen LogP contribution >= 0.6 is 0 Å².